The first-order valence-corrected chi connectivity index (χ1v) is 7.44. The van der Waals surface area contributed by atoms with Gasteiger partial charge in [-0.05, 0) is 25.1 Å². The van der Waals surface area contributed by atoms with Crippen molar-refractivity contribution in [2.75, 3.05) is 0 Å². The molecule has 0 saturated heterocycles. The van der Waals surface area contributed by atoms with E-state index < -0.39 is 10.0 Å². The minimum absolute atomic E-state index is 0.0560. The van der Waals surface area contributed by atoms with E-state index in [1.54, 1.807) is 38.1 Å². The van der Waals surface area contributed by atoms with Crippen LogP contribution in [0, 0.1) is 6.92 Å². The van der Waals surface area contributed by atoms with Crippen LogP contribution in [0.25, 0.3) is 0 Å². The monoisotopic (exact) mass is 277 g/mol. The van der Waals surface area contributed by atoms with Crippen molar-refractivity contribution in [2.24, 2.45) is 0 Å². The summed E-state index contributed by atoms with van der Waals surface area (Å²) in [5.41, 5.74) is 0.915. The quantitative estimate of drug-likeness (QED) is 0.807. The molecule has 0 N–H and O–H groups in total. The molecule has 0 atom stereocenters. The highest BCUT2D eigenvalue weighted by molar-refractivity contribution is 7.90. The Morgan fingerprint density at radius 3 is 2.37 bits per heavy atom. The molecule has 0 fully saturated rings. The van der Waals surface area contributed by atoms with Gasteiger partial charge in [-0.3, -0.25) is 4.79 Å². The highest BCUT2D eigenvalue weighted by Gasteiger charge is 2.21. The molecule has 0 radical (unpaired) electrons. The van der Waals surface area contributed by atoms with E-state index in [1.165, 1.54) is 18.3 Å². The minimum Gasteiger partial charge on any atom is -0.294 e. The van der Waals surface area contributed by atoms with Crippen molar-refractivity contribution >= 4 is 15.8 Å². The number of rotatable bonds is 4. The highest BCUT2D eigenvalue weighted by atomic mass is 32.2. The predicted molar refractivity (Wildman–Crippen MR) is 72.8 cm³/mol. The molecule has 4 nitrogen and oxygen atoms in total. The Morgan fingerprint density at radius 1 is 1.16 bits per heavy atom. The molecule has 0 bridgehead atoms. The molecule has 19 heavy (non-hydrogen) atoms. The lowest BCUT2D eigenvalue weighted by Gasteiger charge is -2.08. The van der Waals surface area contributed by atoms with Gasteiger partial charge < -0.3 is 0 Å². The molecular formula is C14H15NO3S. The average molecular weight is 277 g/mol. The molecule has 1 aromatic heterocycles. The van der Waals surface area contributed by atoms with Crippen LogP contribution in [-0.4, -0.2) is 18.2 Å². The first-order chi connectivity index (χ1) is 8.98. The Bertz CT molecular complexity index is 700. The lowest BCUT2D eigenvalue weighted by Crippen LogP contribution is -2.14. The van der Waals surface area contributed by atoms with Crippen molar-refractivity contribution in [3.8, 4) is 0 Å². The van der Waals surface area contributed by atoms with E-state index in [4.69, 9.17) is 0 Å². The SMILES string of the molecule is CCC(=O)c1ccn(S(=O)(=O)c2ccccc2)c1C. The minimum atomic E-state index is -3.63. The molecular weight excluding hydrogens is 262 g/mol. The average Bonchev–Trinajstić information content (AvgIpc) is 2.81. The molecule has 0 amide bonds. The summed E-state index contributed by atoms with van der Waals surface area (Å²) < 4.78 is 26.0. The molecule has 100 valence electrons. The molecule has 0 aliphatic carbocycles. The van der Waals surface area contributed by atoms with Gasteiger partial charge in [0.25, 0.3) is 10.0 Å². The van der Waals surface area contributed by atoms with Crippen LogP contribution in [0.5, 0.6) is 0 Å². The topological polar surface area (TPSA) is 56.1 Å². The van der Waals surface area contributed by atoms with E-state index in [2.05, 4.69) is 0 Å². The van der Waals surface area contributed by atoms with Gasteiger partial charge in [-0.2, -0.15) is 0 Å². The van der Waals surface area contributed by atoms with Crippen molar-refractivity contribution < 1.29 is 13.2 Å². The number of hydrogen-bond acceptors (Lipinski definition) is 3. The maximum absolute atomic E-state index is 12.4. The van der Waals surface area contributed by atoms with Crippen molar-refractivity contribution in [3.05, 3.63) is 53.9 Å². The van der Waals surface area contributed by atoms with Gasteiger partial charge in [0.15, 0.2) is 5.78 Å². The fourth-order valence-electron chi connectivity index (χ4n) is 1.94. The predicted octanol–water partition coefficient (Wildman–Crippen LogP) is 2.63. The summed E-state index contributed by atoms with van der Waals surface area (Å²) in [6.45, 7) is 3.40. The lowest BCUT2D eigenvalue weighted by molar-refractivity contribution is 0.0987. The van der Waals surface area contributed by atoms with Gasteiger partial charge in [0, 0.05) is 23.9 Å². The van der Waals surface area contributed by atoms with E-state index in [9.17, 15) is 13.2 Å². The Balaban J connectivity index is 2.55. The maximum atomic E-state index is 12.4. The second-order valence-corrected chi connectivity index (χ2v) is 6.02. The van der Waals surface area contributed by atoms with Crippen LogP contribution in [0.15, 0.2) is 47.5 Å². The van der Waals surface area contributed by atoms with Crippen molar-refractivity contribution in [3.63, 3.8) is 0 Å². The first-order valence-electron chi connectivity index (χ1n) is 6.00. The van der Waals surface area contributed by atoms with Gasteiger partial charge in [0.05, 0.1) is 4.90 Å². The van der Waals surface area contributed by atoms with Crippen molar-refractivity contribution in [1.29, 1.82) is 0 Å². The van der Waals surface area contributed by atoms with Gasteiger partial charge >= 0.3 is 0 Å². The number of Topliss-reactive ketones (excluding diaryl/α,β-unsaturated/α-hetero) is 1. The zero-order valence-corrected chi connectivity index (χ0v) is 11.6. The Kier molecular flexibility index (Phi) is 3.57. The standard InChI is InChI=1S/C14H15NO3S/c1-3-14(16)13-9-10-15(11(13)2)19(17,18)12-7-5-4-6-8-12/h4-10H,3H2,1-2H3. The van der Waals surface area contributed by atoms with E-state index in [1.807, 2.05) is 0 Å². The second kappa shape index (κ2) is 5.01. The zero-order chi connectivity index (χ0) is 14.0. The molecule has 2 rings (SSSR count). The lowest BCUT2D eigenvalue weighted by atomic mass is 10.1. The molecule has 0 spiro atoms. The van der Waals surface area contributed by atoms with E-state index >= 15 is 0 Å². The smallest absolute Gasteiger partial charge is 0.267 e. The van der Waals surface area contributed by atoms with Crippen molar-refractivity contribution in [1.82, 2.24) is 3.97 Å². The van der Waals surface area contributed by atoms with Gasteiger partial charge in [-0.15, -0.1) is 0 Å². The summed E-state index contributed by atoms with van der Waals surface area (Å²) in [6, 6.07) is 9.73. The van der Waals surface area contributed by atoms with Gasteiger partial charge in [-0.25, -0.2) is 12.4 Å². The van der Waals surface area contributed by atoms with Crippen LogP contribution in [0.1, 0.15) is 29.4 Å². The van der Waals surface area contributed by atoms with Crippen LogP contribution >= 0.6 is 0 Å². The van der Waals surface area contributed by atoms with E-state index in [-0.39, 0.29) is 10.7 Å². The number of aromatic nitrogens is 1. The third kappa shape index (κ3) is 2.33. The number of benzene rings is 1. The number of nitrogens with zero attached hydrogens (tertiary/aromatic N) is 1. The Morgan fingerprint density at radius 2 is 1.79 bits per heavy atom. The molecule has 1 heterocycles. The molecule has 1 aromatic carbocycles. The summed E-state index contributed by atoms with van der Waals surface area (Å²) in [5, 5.41) is 0. The molecule has 0 unspecified atom stereocenters. The third-order valence-corrected chi connectivity index (χ3v) is 4.80. The summed E-state index contributed by atoms with van der Waals surface area (Å²) in [6.07, 6.45) is 1.79. The van der Waals surface area contributed by atoms with Gasteiger partial charge in [-0.1, -0.05) is 25.1 Å². The fraction of sp³-hybridized carbons (Fsp3) is 0.214. The van der Waals surface area contributed by atoms with Crippen molar-refractivity contribution in [2.45, 2.75) is 25.2 Å². The number of carbonyl (C=O) groups excluding carboxylic acids is 1. The summed E-state index contributed by atoms with van der Waals surface area (Å²) in [5.74, 6) is -0.0560. The summed E-state index contributed by atoms with van der Waals surface area (Å²) in [7, 11) is -3.63. The van der Waals surface area contributed by atoms with Crippen LogP contribution in [0.3, 0.4) is 0 Å². The highest BCUT2D eigenvalue weighted by Crippen LogP contribution is 2.19. The largest absolute Gasteiger partial charge is 0.294 e. The van der Waals surface area contributed by atoms with Crippen LogP contribution in [0.4, 0.5) is 0 Å². The van der Waals surface area contributed by atoms with E-state index in [0.717, 1.165) is 3.97 Å². The normalized spacial score (nSPS) is 11.5. The number of ketones is 1. The first kappa shape index (κ1) is 13.5. The molecule has 0 saturated carbocycles. The number of hydrogen-bond donors (Lipinski definition) is 0. The van der Waals surface area contributed by atoms with Gasteiger partial charge in [0.1, 0.15) is 0 Å². The summed E-state index contributed by atoms with van der Waals surface area (Å²) in [4.78, 5) is 11.9. The van der Waals surface area contributed by atoms with E-state index in [0.29, 0.717) is 17.7 Å². The molecule has 0 aliphatic rings. The number of carbonyl (C=O) groups is 1. The maximum Gasteiger partial charge on any atom is 0.267 e. The zero-order valence-electron chi connectivity index (χ0n) is 10.8. The molecule has 2 aromatic rings. The Hall–Kier alpha value is -1.88. The second-order valence-electron chi connectivity index (χ2n) is 4.21. The third-order valence-electron chi connectivity index (χ3n) is 3.02. The molecule has 0 aliphatic heterocycles. The van der Waals surface area contributed by atoms with Gasteiger partial charge in [0.2, 0.25) is 0 Å². The van der Waals surface area contributed by atoms with Crippen LogP contribution in [0.2, 0.25) is 0 Å². The Labute approximate surface area is 112 Å². The summed E-state index contributed by atoms with van der Waals surface area (Å²) >= 11 is 0. The van der Waals surface area contributed by atoms with Crippen LogP contribution < -0.4 is 0 Å². The molecule has 5 heteroatoms. The fourth-order valence-corrected chi connectivity index (χ4v) is 3.35. The van der Waals surface area contributed by atoms with Crippen LogP contribution in [-0.2, 0) is 10.0 Å².